The first-order valence-corrected chi connectivity index (χ1v) is 1.54. The second kappa shape index (κ2) is 1.60. The molecule has 0 amide bonds. The molecule has 0 bridgehead atoms. The first-order chi connectivity index (χ1) is 2.56. The topological polar surface area (TPSA) is 60.7 Å². The summed E-state index contributed by atoms with van der Waals surface area (Å²) in [5.74, 6) is -2.58. The van der Waals surface area contributed by atoms with E-state index in [2.05, 4.69) is 0 Å². The molecule has 0 heterocycles. The lowest BCUT2D eigenvalue weighted by Gasteiger charge is -2.07. The van der Waals surface area contributed by atoms with Crippen LogP contribution in [0.5, 0.6) is 0 Å². The molecule has 0 saturated heterocycles. The maximum Gasteiger partial charge on any atom is 0.270 e. The first kappa shape index (κ1) is 5.94. The van der Waals surface area contributed by atoms with E-state index in [4.69, 9.17) is 15.3 Å². The van der Waals surface area contributed by atoms with Gasteiger partial charge in [-0.3, -0.25) is 0 Å². The monoisotopic (exact) mass is 89.0 g/mol. The van der Waals surface area contributed by atoms with E-state index in [1.54, 1.807) is 0 Å². The van der Waals surface area contributed by atoms with Crippen LogP contribution < -0.4 is 0 Å². The Morgan fingerprint density at radius 2 is 1.50 bits per heavy atom. The predicted octanol–water partition coefficient (Wildman–Crippen LogP) is -2.59. The summed E-state index contributed by atoms with van der Waals surface area (Å²) in [6.07, 6.45) is 0.854. The van der Waals surface area contributed by atoms with Gasteiger partial charge in [-0.25, -0.2) is 0 Å². The molecular weight excluding hydrogens is 82.8 g/mol. The van der Waals surface area contributed by atoms with Crippen LogP contribution in [0.4, 0.5) is 0 Å². The molecule has 0 aromatic rings. The third-order valence-corrected chi connectivity index (χ3v) is 0.387. The van der Waals surface area contributed by atoms with Gasteiger partial charge in [-0.1, -0.05) is 0 Å². The Hall–Kier alpha value is -0.0551. The summed E-state index contributed by atoms with van der Waals surface area (Å²) in [5, 5.41) is 23.6. The highest BCUT2D eigenvalue weighted by molar-refractivity contribution is 6.15. The van der Waals surface area contributed by atoms with Crippen LogP contribution in [-0.4, -0.2) is 29.1 Å². The van der Waals surface area contributed by atoms with Crippen molar-refractivity contribution in [3.05, 3.63) is 6.32 Å². The Labute approximate surface area is 36.6 Å². The van der Waals surface area contributed by atoms with E-state index in [-0.39, 0.29) is 0 Å². The minimum Gasteiger partial charge on any atom is -0.344 e. The highest BCUT2D eigenvalue weighted by atomic mass is 16.7. The second-order valence-corrected chi connectivity index (χ2v) is 0.976. The Kier molecular flexibility index (Phi) is 1.58. The van der Waals surface area contributed by atoms with Crippen LogP contribution in [-0.2, 0) is 0 Å². The van der Waals surface area contributed by atoms with Crippen molar-refractivity contribution in [3.63, 3.8) is 0 Å². The smallest absolute Gasteiger partial charge is 0.270 e. The normalized spacial score (nSPS) is 11.8. The van der Waals surface area contributed by atoms with Crippen LogP contribution in [0.15, 0.2) is 0 Å². The van der Waals surface area contributed by atoms with Gasteiger partial charge in [-0.15, -0.1) is 0 Å². The van der Waals surface area contributed by atoms with Crippen molar-refractivity contribution < 1.29 is 15.3 Å². The highest BCUT2D eigenvalue weighted by Gasteiger charge is 2.12. The third-order valence-electron chi connectivity index (χ3n) is 0.387. The SMILES string of the molecule is B[CH]C(O)(O)O. The third kappa shape index (κ3) is 3.94. The van der Waals surface area contributed by atoms with Crippen LogP contribution in [0, 0.1) is 6.32 Å². The molecule has 0 aliphatic heterocycles. The molecule has 0 unspecified atom stereocenters. The van der Waals surface area contributed by atoms with E-state index in [1.165, 1.54) is 7.85 Å². The van der Waals surface area contributed by atoms with Crippen molar-refractivity contribution in [2.24, 2.45) is 0 Å². The van der Waals surface area contributed by atoms with Crippen LogP contribution in [0.1, 0.15) is 0 Å². The molecule has 6 heavy (non-hydrogen) atoms. The Bertz CT molecular complexity index is 38.5. The van der Waals surface area contributed by atoms with Crippen LogP contribution in [0.25, 0.3) is 0 Å². The summed E-state index contributed by atoms with van der Waals surface area (Å²) in [7, 11) is 1.33. The lowest BCUT2D eigenvalue weighted by Crippen LogP contribution is -2.27. The zero-order valence-electron chi connectivity index (χ0n) is 3.42. The quantitative estimate of drug-likeness (QED) is 0.244. The number of rotatable bonds is 1. The van der Waals surface area contributed by atoms with Gasteiger partial charge in [-0.2, -0.15) is 0 Å². The van der Waals surface area contributed by atoms with Gasteiger partial charge in [0.05, 0.1) is 0 Å². The molecule has 1 radical (unpaired) electrons. The summed E-state index contributed by atoms with van der Waals surface area (Å²) in [4.78, 5) is 0. The molecule has 0 saturated carbocycles. The molecule has 0 spiro atoms. The van der Waals surface area contributed by atoms with Gasteiger partial charge in [-0.05, 0) is 0 Å². The average molecular weight is 88.9 g/mol. The molecule has 0 aromatic carbocycles. The minimum atomic E-state index is -2.58. The van der Waals surface area contributed by atoms with Gasteiger partial charge in [0.2, 0.25) is 0 Å². The zero-order valence-corrected chi connectivity index (χ0v) is 3.42. The van der Waals surface area contributed by atoms with Gasteiger partial charge < -0.3 is 15.3 Å². The first-order valence-electron chi connectivity index (χ1n) is 1.54. The van der Waals surface area contributed by atoms with Crippen molar-refractivity contribution in [2.75, 3.05) is 0 Å². The van der Waals surface area contributed by atoms with Gasteiger partial charge in [0.15, 0.2) is 0 Å². The molecular formula is C2H6BO3. The van der Waals surface area contributed by atoms with E-state index in [9.17, 15) is 0 Å². The van der Waals surface area contributed by atoms with Gasteiger partial charge >= 0.3 is 0 Å². The summed E-state index contributed by atoms with van der Waals surface area (Å²) in [5.41, 5.74) is 0. The lowest BCUT2D eigenvalue weighted by atomic mass is 10.0. The van der Waals surface area contributed by atoms with Crippen LogP contribution in [0.2, 0.25) is 0 Å². The number of hydrogen-bond donors (Lipinski definition) is 3. The van der Waals surface area contributed by atoms with Crippen LogP contribution >= 0.6 is 0 Å². The Morgan fingerprint density at radius 1 is 1.33 bits per heavy atom. The Morgan fingerprint density at radius 3 is 1.50 bits per heavy atom. The van der Waals surface area contributed by atoms with Crippen molar-refractivity contribution >= 4 is 7.85 Å². The number of hydrogen-bond acceptors (Lipinski definition) is 3. The van der Waals surface area contributed by atoms with Crippen molar-refractivity contribution in [2.45, 2.75) is 5.97 Å². The van der Waals surface area contributed by atoms with E-state index in [1.807, 2.05) is 0 Å². The molecule has 0 aliphatic rings. The summed E-state index contributed by atoms with van der Waals surface area (Å²) in [6, 6.07) is 0. The summed E-state index contributed by atoms with van der Waals surface area (Å²) in [6.45, 7) is 0. The van der Waals surface area contributed by atoms with E-state index in [0.717, 1.165) is 6.32 Å². The Balaban J connectivity index is 3.17. The molecule has 3 N–H and O–H groups in total. The van der Waals surface area contributed by atoms with E-state index < -0.39 is 5.97 Å². The molecule has 35 valence electrons. The zero-order chi connectivity index (χ0) is 5.21. The largest absolute Gasteiger partial charge is 0.344 e. The fraction of sp³-hybridized carbons (Fsp3) is 0.500. The molecule has 0 fully saturated rings. The summed E-state index contributed by atoms with van der Waals surface area (Å²) >= 11 is 0. The minimum absolute atomic E-state index is 0.854. The van der Waals surface area contributed by atoms with Crippen molar-refractivity contribution in [1.82, 2.24) is 0 Å². The molecule has 0 rings (SSSR count). The van der Waals surface area contributed by atoms with Crippen molar-refractivity contribution in [3.8, 4) is 0 Å². The van der Waals surface area contributed by atoms with Crippen LogP contribution in [0.3, 0.4) is 0 Å². The molecule has 3 nitrogen and oxygen atoms in total. The molecule has 4 heteroatoms. The lowest BCUT2D eigenvalue weighted by molar-refractivity contribution is -0.280. The van der Waals surface area contributed by atoms with Gasteiger partial charge in [0, 0.05) is 6.32 Å². The van der Waals surface area contributed by atoms with E-state index in [0.29, 0.717) is 0 Å². The fourth-order valence-corrected chi connectivity index (χ4v) is 0. The summed E-state index contributed by atoms with van der Waals surface area (Å²) < 4.78 is 0. The number of aliphatic hydroxyl groups is 3. The standard InChI is InChI=1S/C2H6BO3/c3-1-2(4,5)6/h1,4-6H,3H2. The molecule has 0 atom stereocenters. The second-order valence-electron chi connectivity index (χ2n) is 0.976. The van der Waals surface area contributed by atoms with Gasteiger partial charge in [0.1, 0.15) is 7.85 Å². The maximum absolute atomic E-state index is 7.88. The fourth-order valence-electron chi connectivity index (χ4n) is 0. The molecule has 0 aliphatic carbocycles. The van der Waals surface area contributed by atoms with Crippen molar-refractivity contribution in [1.29, 1.82) is 0 Å². The average Bonchev–Trinajstić information content (AvgIpc) is 1.35. The highest BCUT2D eigenvalue weighted by Crippen LogP contribution is 1.90. The van der Waals surface area contributed by atoms with E-state index >= 15 is 0 Å². The predicted molar refractivity (Wildman–Crippen MR) is 22.2 cm³/mol. The van der Waals surface area contributed by atoms with Gasteiger partial charge in [0.25, 0.3) is 5.97 Å². The maximum atomic E-state index is 7.88. The molecule has 0 aromatic heterocycles.